The molecule has 1 amide bonds. The summed E-state index contributed by atoms with van der Waals surface area (Å²) in [6, 6.07) is 11.0. The number of anilines is 1. The predicted molar refractivity (Wildman–Crippen MR) is 79.1 cm³/mol. The van der Waals surface area contributed by atoms with Gasteiger partial charge in [0, 0.05) is 10.6 Å². The van der Waals surface area contributed by atoms with E-state index in [1.807, 2.05) is 38.1 Å². The van der Waals surface area contributed by atoms with Crippen molar-refractivity contribution in [3.05, 3.63) is 51.7 Å². The molecular weight excluding hydrogens is 274 g/mol. The molecular formula is C15H15NO3S. The molecule has 104 valence electrons. The molecule has 4 nitrogen and oxygen atoms in total. The van der Waals surface area contributed by atoms with Crippen molar-refractivity contribution < 1.29 is 14.3 Å². The van der Waals surface area contributed by atoms with Gasteiger partial charge in [0.15, 0.2) is 6.61 Å². The first-order valence-electron chi connectivity index (χ1n) is 6.15. The molecule has 0 aliphatic heterocycles. The van der Waals surface area contributed by atoms with E-state index in [0.717, 1.165) is 16.1 Å². The molecule has 1 aromatic heterocycles. The van der Waals surface area contributed by atoms with E-state index in [1.54, 1.807) is 12.1 Å². The average Bonchev–Trinajstić information content (AvgIpc) is 2.85. The first-order chi connectivity index (χ1) is 9.56. The van der Waals surface area contributed by atoms with E-state index >= 15 is 0 Å². The molecule has 0 saturated heterocycles. The van der Waals surface area contributed by atoms with Crippen molar-refractivity contribution in [2.24, 2.45) is 0 Å². The Balaban J connectivity index is 1.87. The third-order valence-electron chi connectivity index (χ3n) is 2.70. The monoisotopic (exact) mass is 289 g/mol. The summed E-state index contributed by atoms with van der Waals surface area (Å²) < 4.78 is 4.97. The second kappa shape index (κ2) is 6.34. The highest BCUT2D eigenvalue weighted by atomic mass is 32.1. The number of hydrogen-bond donors (Lipinski definition) is 1. The summed E-state index contributed by atoms with van der Waals surface area (Å²) in [7, 11) is 0. The van der Waals surface area contributed by atoms with Crippen LogP contribution in [0.1, 0.15) is 20.1 Å². The normalized spacial score (nSPS) is 10.1. The van der Waals surface area contributed by atoms with E-state index in [2.05, 4.69) is 5.32 Å². The van der Waals surface area contributed by atoms with Crippen molar-refractivity contribution in [3.63, 3.8) is 0 Å². The van der Waals surface area contributed by atoms with Crippen molar-refractivity contribution in [2.75, 3.05) is 11.9 Å². The van der Waals surface area contributed by atoms with E-state index < -0.39 is 5.97 Å². The van der Waals surface area contributed by atoms with Crippen LogP contribution in [-0.2, 0) is 9.53 Å². The van der Waals surface area contributed by atoms with Crippen molar-refractivity contribution >= 4 is 28.9 Å². The molecule has 2 aromatic rings. The van der Waals surface area contributed by atoms with Crippen molar-refractivity contribution in [1.29, 1.82) is 0 Å². The fourth-order valence-corrected chi connectivity index (χ4v) is 2.41. The fraction of sp³-hybridized carbons (Fsp3) is 0.200. The average molecular weight is 289 g/mol. The van der Waals surface area contributed by atoms with Gasteiger partial charge in [0.2, 0.25) is 0 Å². The van der Waals surface area contributed by atoms with Gasteiger partial charge in [0.25, 0.3) is 5.91 Å². The van der Waals surface area contributed by atoms with Gasteiger partial charge in [0.1, 0.15) is 4.88 Å². The largest absolute Gasteiger partial charge is 0.451 e. The third-order valence-corrected chi connectivity index (χ3v) is 3.68. The number of nitrogens with one attached hydrogen (secondary N) is 1. The minimum Gasteiger partial charge on any atom is -0.451 e. The lowest BCUT2D eigenvalue weighted by Gasteiger charge is -2.08. The zero-order valence-corrected chi connectivity index (χ0v) is 12.1. The van der Waals surface area contributed by atoms with Crippen LogP contribution >= 0.6 is 11.3 Å². The summed E-state index contributed by atoms with van der Waals surface area (Å²) in [6.45, 7) is 3.52. The molecule has 0 fully saturated rings. The lowest BCUT2D eigenvalue weighted by Crippen LogP contribution is -2.21. The minimum absolute atomic E-state index is 0.288. The van der Waals surface area contributed by atoms with Crippen LogP contribution in [-0.4, -0.2) is 18.5 Å². The van der Waals surface area contributed by atoms with Crippen LogP contribution in [0.3, 0.4) is 0 Å². The number of hydrogen-bond acceptors (Lipinski definition) is 4. The number of amides is 1. The van der Waals surface area contributed by atoms with Gasteiger partial charge >= 0.3 is 5.97 Å². The Kier molecular flexibility index (Phi) is 4.53. The van der Waals surface area contributed by atoms with Crippen LogP contribution in [0.15, 0.2) is 36.4 Å². The molecule has 1 N–H and O–H groups in total. The Morgan fingerprint density at radius 2 is 1.90 bits per heavy atom. The molecule has 1 aromatic carbocycles. The molecule has 0 unspecified atom stereocenters. The smallest absolute Gasteiger partial charge is 0.348 e. The third kappa shape index (κ3) is 3.68. The van der Waals surface area contributed by atoms with Gasteiger partial charge in [-0.2, -0.15) is 0 Å². The number of para-hydroxylation sites is 1. The van der Waals surface area contributed by atoms with Crippen molar-refractivity contribution in [3.8, 4) is 0 Å². The number of ether oxygens (including phenoxy) is 1. The number of thiophene rings is 1. The Hall–Kier alpha value is -2.14. The predicted octanol–water partition coefficient (Wildman–Crippen LogP) is 3.16. The number of carbonyl (C=O) groups is 2. The van der Waals surface area contributed by atoms with E-state index in [9.17, 15) is 9.59 Å². The maximum absolute atomic E-state index is 11.7. The molecule has 0 aliphatic carbocycles. The molecule has 1 heterocycles. The second-order valence-corrected chi connectivity index (χ2v) is 5.64. The quantitative estimate of drug-likeness (QED) is 0.880. The van der Waals surface area contributed by atoms with Gasteiger partial charge in [0.05, 0.1) is 0 Å². The molecule has 0 aliphatic rings. The number of esters is 1. The van der Waals surface area contributed by atoms with Crippen molar-refractivity contribution in [2.45, 2.75) is 13.8 Å². The molecule has 5 heteroatoms. The van der Waals surface area contributed by atoms with Crippen LogP contribution in [0.2, 0.25) is 0 Å². The van der Waals surface area contributed by atoms with E-state index in [1.165, 1.54) is 11.3 Å². The summed E-state index contributed by atoms with van der Waals surface area (Å²) in [4.78, 5) is 24.9. The van der Waals surface area contributed by atoms with Crippen LogP contribution in [0.25, 0.3) is 0 Å². The zero-order chi connectivity index (χ0) is 14.5. The van der Waals surface area contributed by atoms with Crippen LogP contribution in [0.4, 0.5) is 5.69 Å². The molecule has 0 spiro atoms. The number of rotatable bonds is 4. The maximum Gasteiger partial charge on any atom is 0.348 e. The number of aryl methyl sites for hydroxylation is 2. The number of carbonyl (C=O) groups excluding carboxylic acids is 2. The Morgan fingerprint density at radius 1 is 1.15 bits per heavy atom. The SMILES string of the molecule is Cc1ccc(C(=O)OCC(=O)Nc2ccccc2C)s1. The van der Waals surface area contributed by atoms with Crippen molar-refractivity contribution in [1.82, 2.24) is 0 Å². The van der Waals surface area contributed by atoms with Crippen LogP contribution in [0.5, 0.6) is 0 Å². The van der Waals surface area contributed by atoms with E-state index in [4.69, 9.17) is 4.74 Å². The van der Waals surface area contributed by atoms with Gasteiger partial charge in [-0.15, -0.1) is 11.3 Å². The Bertz CT molecular complexity index is 634. The highest BCUT2D eigenvalue weighted by Gasteiger charge is 2.12. The lowest BCUT2D eigenvalue weighted by atomic mass is 10.2. The van der Waals surface area contributed by atoms with Gasteiger partial charge in [-0.05, 0) is 37.6 Å². The highest BCUT2D eigenvalue weighted by molar-refractivity contribution is 7.13. The second-order valence-electron chi connectivity index (χ2n) is 4.35. The topological polar surface area (TPSA) is 55.4 Å². The standard InChI is InChI=1S/C15H15NO3S/c1-10-5-3-4-6-12(10)16-14(17)9-19-15(18)13-8-7-11(2)20-13/h3-8H,9H2,1-2H3,(H,16,17). The van der Waals surface area contributed by atoms with Crippen LogP contribution < -0.4 is 5.32 Å². The molecule has 2 rings (SSSR count). The zero-order valence-electron chi connectivity index (χ0n) is 11.3. The number of benzene rings is 1. The maximum atomic E-state index is 11.7. The molecule has 0 radical (unpaired) electrons. The first-order valence-corrected chi connectivity index (χ1v) is 6.97. The first kappa shape index (κ1) is 14.3. The fourth-order valence-electron chi connectivity index (χ4n) is 1.65. The van der Waals surface area contributed by atoms with Gasteiger partial charge in [-0.1, -0.05) is 18.2 Å². The van der Waals surface area contributed by atoms with Crippen LogP contribution in [0, 0.1) is 13.8 Å². The van der Waals surface area contributed by atoms with Gasteiger partial charge < -0.3 is 10.1 Å². The van der Waals surface area contributed by atoms with E-state index in [-0.39, 0.29) is 12.5 Å². The highest BCUT2D eigenvalue weighted by Crippen LogP contribution is 2.16. The summed E-state index contributed by atoms with van der Waals surface area (Å²) in [5.74, 6) is -0.816. The summed E-state index contributed by atoms with van der Waals surface area (Å²) >= 11 is 1.35. The Labute approximate surface area is 121 Å². The molecule has 0 bridgehead atoms. The lowest BCUT2D eigenvalue weighted by molar-refractivity contribution is -0.119. The summed E-state index contributed by atoms with van der Waals surface area (Å²) in [5, 5.41) is 2.71. The Morgan fingerprint density at radius 3 is 2.55 bits per heavy atom. The summed E-state index contributed by atoms with van der Waals surface area (Å²) in [6.07, 6.45) is 0. The molecule has 20 heavy (non-hydrogen) atoms. The molecule has 0 atom stereocenters. The van der Waals surface area contributed by atoms with E-state index in [0.29, 0.717) is 4.88 Å². The van der Waals surface area contributed by atoms with Gasteiger partial charge in [-0.25, -0.2) is 4.79 Å². The molecule has 0 saturated carbocycles. The minimum atomic E-state index is -0.469. The van der Waals surface area contributed by atoms with Gasteiger partial charge in [-0.3, -0.25) is 4.79 Å². The summed E-state index contributed by atoms with van der Waals surface area (Å²) in [5.41, 5.74) is 1.68.